The number of rotatable bonds is 5. The lowest BCUT2D eigenvalue weighted by atomic mass is 10.0. The molecular weight excluding hydrogens is 310 g/mol. The monoisotopic (exact) mass is 335 g/mol. The van der Waals surface area contributed by atoms with Gasteiger partial charge in [0, 0.05) is 41.6 Å². The van der Waals surface area contributed by atoms with E-state index in [9.17, 15) is 0 Å². The first kappa shape index (κ1) is 16.2. The van der Waals surface area contributed by atoms with E-state index < -0.39 is 0 Å². The molecule has 3 heterocycles. The molecule has 4 rings (SSSR count). The van der Waals surface area contributed by atoms with Gasteiger partial charge >= 0.3 is 0 Å². The van der Waals surface area contributed by atoms with Crippen LogP contribution in [0.25, 0.3) is 10.9 Å². The maximum Gasteiger partial charge on any atom is 0.119 e. The summed E-state index contributed by atoms with van der Waals surface area (Å²) in [6, 6.07) is 11.1. The molecule has 0 radical (unpaired) electrons. The molecule has 25 heavy (non-hydrogen) atoms. The smallest absolute Gasteiger partial charge is 0.119 e. The summed E-state index contributed by atoms with van der Waals surface area (Å²) in [4.78, 5) is 10.4. The zero-order valence-electron chi connectivity index (χ0n) is 15.0. The maximum atomic E-state index is 5.40. The highest BCUT2D eigenvalue weighted by Crippen LogP contribution is 2.28. The third kappa shape index (κ3) is 3.40. The summed E-state index contributed by atoms with van der Waals surface area (Å²) in [5, 5.41) is 1.28. The number of hydrogen-bond acceptors (Lipinski definition) is 3. The third-order valence-electron chi connectivity index (χ3n) is 5.29. The Balaban J connectivity index is 1.52. The number of hydrogen-bond donors (Lipinski definition) is 1. The van der Waals surface area contributed by atoms with Gasteiger partial charge in [0.1, 0.15) is 5.75 Å². The van der Waals surface area contributed by atoms with Gasteiger partial charge in [0.15, 0.2) is 0 Å². The molecule has 4 nitrogen and oxygen atoms in total. The van der Waals surface area contributed by atoms with Gasteiger partial charge in [0.05, 0.1) is 7.11 Å². The zero-order chi connectivity index (χ0) is 17.2. The Hall–Kier alpha value is -2.33. The summed E-state index contributed by atoms with van der Waals surface area (Å²) < 4.78 is 5.40. The second kappa shape index (κ2) is 6.89. The van der Waals surface area contributed by atoms with Crippen LogP contribution >= 0.6 is 0 Å². The molecule has 0 saturated carbocycles. The molecular formula is C21H25N3O. The molecule has 0 spiro atoms. The predicted molar refractivity (Wildman–Crippen MR) is 101 cm³/mol. The number of pyridine rings is 1. The van der Waals surface area contributed by atoms with E-state index in [0.29, 0.717) is 6.04 Å². The minimum Gasteiger partial charge on any atom is -0.497 e. The van der Waals surface area contributed by atoms with Crippen LogP contribution in [-0.2, 0) is 13.0 Å². The van der Waals surface area contributed by atoms with Crippen LogP contribution in [0.5, 0.6) is 5.75 Å². The molecule has 1 saturated heterocycles. The largest absolute Gasteiger partial charge is 0.497 e. The van der Waals surface area contributed by atoms with E-state index in [1.165, 1.54) is 41.4 Å². The molecule has 0 aliphatic carbocycles. The standard InChI is InChI=1S/C21H25N3O/c1-15-5-6-16(12-22-15)14-24-9-3-4-18(24)10-17-13-23-21-8-7-19(25-2)11-20(17)21/h5-8,11-13,18,23H,3-4,9-10,14H2,1-2H3/t18-/m1/s1. The Labute approximate surface area is 148 Å². The van der Waals surface area contributed by atoms with Crippen LogP contribution in [0.2, 0.25) is 0 Å². The molecule has 130 valence electrons. The van der Waals surface area contributed by atoms with Gasteiger partial charge < -0.3 is 9.72 Å². The van der Waals surface area contributed by atoms with E-state index in [4.69, 9.17) is 4.74 Å². The van der Waals surface area contributed by atoms with E-state index in [0.717, 1.165) is 24.4 Å². The van der Waals surface area contributed by atoms with Crippen molar-refractivity contribution < 1.29 is 4.74 Å². The van der Waals surface area contributed by atoms with Crippen LogP contribution in [0.15, 0.2) is 42.7 Å². The van der Waals surface area contributed by atoms with E-state index in [1.807, 2.05) is 19.2 Å². The quantitative estimate of drug-likeness (QED) is 0.763. The van der Waals surface area contributed by atoms with Crippen molar-refractivity contribution in [1.29, 1.82) is 0 Å². The number of nitrogens with one attached hydrogen (secondary N) is 1. The third-order valence-corrected chi connectivity index (χ3v) is 5.29. The number of aromatic nitrogens is 2. The lowest BCUT2D eigenvalue weighted by Crippen LogP contribution is -2.30. The molecule has 0 amide bonds. The Kier molecular flexibility index (Phi) is 4.45. The van der Waals surface area contributed by atoms with Gasteiger partial charge in [-0.25, -0.2) is 0 Å². The Morgan fingerprint density at radius 1 is 1.28 bits per heavy atom. The Morgan fingerprint density at radius 3 is 3.00 bits per heavy atom. The first-order chi connectivity index (χ1) is 12.2. The van der Waals surface area contributed by atoms with Crippen LogP contribution in [0.4, 0.5) is 0 Å². The lowest BCUT2D eigenvalue weighted by Gasteiger charge is -2.24. The van der Waals surface area contributed by atoms with Gasteiger partial charge in [0.25, 0.3) is 0 Å². The summed E-state index contributed by atoms with van der Waals surface area (Å²) in [5.41, 5.74) is 4.95. The first-order valence-electron chi connectivity index (χ1n) is 9.02. The minimum absolute atomic E-state index is 0.589. The van der Waals surface area contributed by atoms with Crippen molar-refractivity contribution in [3.05, 3.63) is 59.5 Å². The Bertz CT molecular complexity index is 853. The molecule has 1 N–H and O–H groups in total. The fourth-order valence-electron chi connectivity index (χ4n) is 3.87. The van der Waals surface area contributed by atoms with Crippen molar-refractivity contribution in [3.8, 4) is 5.75 Å². The fourth-order valence-corrected chi connectivity index (χ4v) is 3.87. The number of aromatic amines is 1. The van der Waals surface area contributed by atoms with Crippen molar-refractivity contribution in [2.45, 2.75) is 38.8 Å². The molecule has 0 bridgehead atoms. The number of methoxy groups -OCH3 is 1. The van der Waals surface area contributed by atoms with Gasteiger partial charge in [0.2, 0.25) is 0 Å². The normalized spacial score (nSPS) is 18.1. The van der Waals surface area contributed by atoms with Gasteiger partial charge in [-0.15, -0.1) is 0 Å². The summed E-state index contributed by atoms with van der Waals surface area (Å²) in [6.07, 6.45) is 7.79. The molecule has 1 aromatic carbocycles. The first-order valence-corrected chi connectivity index (χ1v) is 9.02. The number of H-pyrrole nitrogens is 1. The summed E-state index contributed by atoms with van der Waals surface area (Å²) >= 11 is 0. The van der Waals surface area contributed by atoms with Crippen LogP contribution in [0, 0.1) is 6.92 Å². The van der Waals surface area contributed by atoms with Crippen molar-refractivity contribution in [1.82, 2.24) is 14.9 Å². The molecule has 1 aliphatic heterocycles. The van der Waals surface area contributed by atoms with Gasteiger partial charge in [-0.05, 0) is 68.1 Å². The highest BCUT2D eigenvalue weighted by atomic mass is 16.5. The average molecular weight is 335 g/mol. The van der Waals surface area contributed by atoms with E-state index >= 15 is 0 Å². The average Bonchev–Trinajstić information content (AvgIpc) is 3.24. The molecule has 2 aromatic heterocycles. The molecule has 1 fully saturated rings. The SMILES string of the molecule is COc1ccc2[nH]cc(C[C@H]3CCCN3Cc3ccc(C)nc3)c2c1. The van der Waals surface area contributed by atoms with E-state index in [1.54, 1.807) is 7.11 Å². The van der Waals surface area contributed by atoms with Crippen molar-refractivity contribution in [2.75, 3.05) is 13.7 Å². The van der Waals surface area contributed by atoms with Crippen LogP contribution in [0.3, 0.4) is 0 Å². The zero-order valence-corrected chi connectivity index (χ0v) is 15.0. The summed E-state index contributed by atoms with van der Waals surface area (Å²) in [7, 11) is 1.72. The minimum atomic E-state index is 0.589. The maximum absolute atomic E-state index is 5.40. The molecule has 4 heteroatoms. The predicted octanol–water partition coefficient (Wildman–Crippen LogP) is 4.09. The van der Waals surface area contributed by atoms with Crippen LogP contribution in [-0.4, -0.2) is 34.6 Å². The molecule has 1 aliphatic rings. The second-order valence-electron chi connectivity index (χ2n) is 7.00. The topological polar surface area (TPSA) is 41.1 Å². The van der Waals surface area contributed by atoms with Gasteiger partial charge in [-0.2, -0.15) is 0 Å². The second-order valence-corrected chi connectivity index (χ2v) is 7.00. The summed E-state index contributed by atoms with van der Waals surface area (Å²) in [5.74, 6) is 0.919. The van der Waals surface area contributed by atoms with Crippen molar-refractivity contribution in [3.63, 3.8) is 0 Å². The highest BCUT2D eigenvalue weighted by molar-refractivity contribution is 5.84. The number of aryl methyl sites for hydroxylation is 1. The number of nitrogens with zero attached hydrogens (tertiary/aromatic N) is 2. The molecule has 0 unspecified atom stereocenters. The highest BCUT2D eigenvalue weighted by Gasteiger charge is 2.25. The van der Waals surface area contributed by atoms with Gasteiger partial charge in [-0.3, -0.25) is 9.88 Å². The fraction of sp³-hybridized carbons (Fsp3) is 0.381. The van der Waals surface area contributed by atoms with Crippen LogP contribution < -0.4 is 4.74 Å². The number of benzene rings is 1. The van der Waals surface area contributed by atoms with Crippen molar-refractivity contribution >= 4 is 10.9 Å². The number of fused-ring (bicyclic) bond motifs is 1. The van der Waals surface area contributed by atoms with E-state index in [-0.39, 0.29) is 0 Å². The number of likely N-dealkylation sites (tertiary alicyclic amines) is 1. The Morgan fingerprint density at radius 2 is 2.20 bits per heavy atom. The van der Waals surface area contributed by atoms with Gasteiger partial charge in [-0.1, -0.05) is 6.07 Å². The number of ether oxygens (including phenoxy) is 1. The van der Waals surface area contributed by atoms with E-state index in [2.05, 4.69) is 45.3 Å². The molecule has 3 aromatic rings. The van der Waals surface area contributed by atoms with Crippen LogP contribution in [0.1, 0.15) is 29.7 Å². The lowest BCUT2D eigenvalue weighted by molar-refractivity contribution is 0.244. The summed E-state index contributed by atoms with van der Waals surface area (Å²) in [6.45, 7) is 4.20. The van der Waals surface area contributed by atoms with Crippen molar-refractivity contribution in [2.24, 2.45) is 0 Å². The molecule has 1 atom stereocenters.